The summed E-state index contributed by atoms with van der Waals surface area (Å²) in [6, 6.07) is 8.63. The molecule has 0 bridgehead atoms. The van der Waals surface area contributed by atoms with E-state index < -0.39 is 0 Å². The van der Waals surface area contributed by atoms with Gasteiger partial charge in [-0.15, -0.1) is 0 Å². The number of hydrogen-bond donors (Lipinski definition) is 0. The second kappa shape index (κ2) is 3.41. The van der Waals surface area contributed by atoms with Crippen LogP contribution in [0.5, 0.6) is 0 Å². The summed E-state index contributed by atoms with van der Waals surface area (Å²) >= 11 is 0. The summed E-state index contributed by atoms with van der Waals surface area (Å²) in [5, 5.41) is 0. The molecule has 0 fully saturated rings. The van der Waals surface area contributed by atoms with Crippen LogP contribution in [0.3, 0.4) is 0 Å². The third kappa shape index (κ3) is 2.03. The van der Waals surface area contributed by atoms with Crippen LogP contribution < -0.4 is 5.46 Å². The number of rotatable bonds is 2. The SMILES string of the molecule is Bc1cccc(C(C)(C)C(=C)C)c1. The Balaban J connectivity index is 3.14. The van der Waals surface area contributed by atoms with E-state index in [0.29, 0.717) is 0 Å². The molecule has 0 saturated heterocycles. The van der Waals surface area contributed by atoms with Crippen LogP contribution >= 0.6 is 0 Å². The molecule has 0 spiro atoms. The van der Waals surface area contributed by atoms with E-state index in [0.717, 1.165) is 0 Å². The smallest absolute Gasteiger partial charge is 0.0993 e. The third-order valence-corrected chi connectivity index (χ3v) is 2.81. The van der Waals surface area contributed by atoms with E-state index in [4.69, 9.17) is 0 Å². The van der Waals surface area contributed by atoms with Gasteiger partial charge in [-0.2, -0.15) is 0 Å². The average Bonchev–Trinajstić information content (AvgIpc) is 2.04. The highest BCUT2D eigenvalue weighted by atomic mass is 14.2. The molecule has 0 aliphatic rings. The molecule has 0 saturated carbocycles. The van der Waals surface area contributed by atoms with Crippen LogP contribution in [-0.2, 0) is 5.41 Å². The topological polar surface area (TPSA) is 0 Å². The molecule has 1 rings (SSSR count). The molecule has 0 N–H and O–H groups in total. The fraction of sp³-hybridized carbons (Fsp3) is 0.333. The van der Waals surface area contributed by atoms with Crippen molar-refractivity contribution < 1.29 is 0 Å². The highest BCUT2D eigenvalue weighted by Gasteiger charge is 2.20. The zero-order valence-electron chi connectivity index (χ0n) is 9.02. The lowest BCUT2D eigenvalue weighted by Crippen LogP contribution is -2.20. The lowest BCUT2D eigenvalue weighted by Gasteiger charge is -2.26. The molecule has 0 unspecified atom stereocenters. The minimum absolute atomic E-state index is 0.0893. The first kappa shape index (κ1) is 10.1. The van der Waals surface area contributed by atoms with E-state index in [1.54, 1.807) is 0 Å². The molecule has 0 amide bonds. The molecule has 1 heteroatoms. The van der Waals surface area contributed by atoms with Crippen molar-refractivity contribution in [3.05, 3.63) is 42.0 Å². The first-order chi connectivity index (χ1) is 5.94. The Morgan fingerprint density at radius 2 is 2.00 bits per heavy atom. The van der Waals surface area contributed by atoms with E-state index in [9.17, 15) is 0 Å². The molecule has 0 aromatic heterocycles. The van der Waals surface area contributed by atoms with Gasteiger partial charge in [0.2, 0.25) is 0 Å². The van der Waals surface area contributed by atoms with Crippen LogP contribution in [0.4, 0.5) is 0 Å². The second-order valence-electron chi connectivity index (χ2n) is 4.27. The molecular formula is C12H17B. The van der Waals surface area contributed by atoms with Gasteiger partial charge in [0.15, 0.2) is 0 Å². The number of benzene rings is 1. The molecule has 0 aliphatic carbocycles. The Hall–Kier alpha value is -0.975. The fourth-order valence-electron chi connectivity index (χ4n) is 1.28. The summed E-state index contributed by atoms with van der Waals surface area (Å²) in [5.74, 6) is 0. The highest BCUT2D eigenvalue weighted by molar-refractivity contribution is 6.32. The van der Waals surface area contributed by atoms with E-state index >= 15 is 0 Å². The van der Waals surface area contributed by atoms with Crippen LogP contribution in [0, 0.1) is 0 Å². The summed E-state index contributed by atoms with van der Waals surface area (Å²) in [6.07, 6.45) is 0. The Kier molecular flexibility index (Phi) is 2.65. The van der Waals surface area contributed by atoms with Gasteiger partial charge >= 0.3 is 0 Å². The van der Waals surface area contributed by atoms with Crippen molar-refractivity contribution in [2.24, 2.45) is 0 Å². The maximum absolute atomic E-state index is 4.03. The first-order valence-electron chi connectivity index (χ1n) is 4.67. The Labute approximate surface area is 82.1 Å². The molecule has 0 aliphatic heterocycles. The lowest BCUT2D eigenvalue weighted by molar-refractivity contribution is 0.627. The molecule has 0 radical (unpaired) electrons. The normalized spacial score (nSPS) is 11.3. The molecular weight excluding hydrogens is 155 g/mol. The Bertz CT molecular complexity index is 324. The van der Waals surface area contributed by atoms with Gasteiger partial charge in [0, 0.05) is 5.41 Å². The van der Waals surface area contributed by atoms with Gasteiger partial charge < -0.3 is 0 Å². The standard InChI is InChI=1S/C12H17B/c1-9(2)12(3,4)10-6-5-7-11(13)8-10/h5-8H,1,13H2,2-4H3. The second-order valence-corrected chi connectivity index (χ2v) is 4.27. The fourth-order valence-corrected chi connectivity index (χ4v) is 1.28. The van der Waals surface area contributed by atoms with Crippen LogP contribution in [-0.4, -0.2) is 7.85 Å². The van der Waals surface area contributed by atoms with Crippen molar-refractivity contribution in [1.29, 1.82) is 0 Å². The molecule has 1 aromatic carbocycles. The number of allylic oxidation sites excluding steroid dienone is 1. The van der Waals surface area contributed by atoms with Gasteiger partial charge in [-0.05, 0) is 12.5 Å². The van der Waals surface area contributed by atoms with Crippen LogP contribution in [0.2, 0.25) is 0 Å². The Morgan fingerprint density at radius 1 is 1.38 bits per heavy atom. The summed E-state index contributed by atoms with van der Waals surface area (Å²) < 4.78 is 0. The average molecular weight is 172 g/mol. The van der Waals surface area contributed by atoms with Crippen molar-refractivity contribution in [1.82, 2.24) is 0 Å². The van der Waals surface area contributed by atoms with Gasteiger partial charge in [-0.1, -0.05) is 55.7 Å². The van der Waals surface area contributed by atoms with Gasteiger partial charge in [0.05, 0.1) is 0 Å². The van der Waals surface area contributed by atoms with Crippen molar-refractivity contribution >= 4 is 13.3 Å². The van der Waals surface area contributed by atoms with E-state index in [1.165, 1.54) is 16.6 Å². The minimum Gasteiger partial charge on any atom is -0.0993 e. The zero-order chi connectivity index (χ0) is 10.1. The summed E-state index contributed by atoms with van der Waals surface area (Å²) in [4.78, 5) is 0. The minimum atomic E-state index is 0.0893. The van der Waals surface area contributed by atoms with Gasteiger partial charge in [0.1, 0.15) is 7.85 Å². The monoisotopic (exact) mass is 172 g/mol. The van der Waals surface area contributed by atoms with E-state index in [-0.39, 0.29) is 5.41 Å². The van der Waals surface area contributed by atoms with E-state index in [1.807, 2.05) is 0 Å². The molecule has 68 valence electrons. The summed E-state index contributed by atoms with van der Waals surface area (Å²) in [7, 11) is 2.12. The number of hydrogen-bond acceptors (Lipinski definition) is 0. The highest BCUT2D eigenvalue weighted by Crippen LogP contribution is 2.28. The molecule has 0 heterocycles. The van der Waals surface area contributed by atoms with E-state index in [2.05, 4.69) is 59.5 Å². The maximum atomic E-state index is 4.03. The van der Waals surface area contributed by atoms with Crippen LogP contribution in [0.15, 0.2) is 36.4 Å². The predicted octanol–water partition coefficient (Wildman–Crippen LogP) is 1.80. The van der Waals surface area contributed by atoms with Crippen molar-refractivity contribution in [3.63, 3.8) is 0 Å². The molecule has 13 heavy (non-hydrogen) atoms. The largest absolute Gasteiger partial charge is 0.139 e. The van der Waals surface area contributed by atoms with Crippen molar-refractivity contribution in [2.75, 3.05) is 0 Å². The van der Waals surface area contributed by atoms with Crippen LogP contribution in [0.1, 0.15) is 26.3 Å². The third-order valence-electron chi connectivity index (χ3n) is 2.81. The zero-order valence-corrected chi connectivity index (χ0v) is 9.02. The Morgan fingerprint density at radius 3 is 2.46 bits per heavy atom. The van der Waals surface area contributed by atoms with Crippen molar-refractivity contribution in [3.8, 4) is 0 Å². The maximum Gasteiger partial charge on any atom is 0.139 e. The summed E-state index contributed by atoms with van der Waals surface area (Å²) in [5.41, 5.74) is 3.95. The van der Waals surface area contributed by atoms with Gasteiger partial charge in [0.25, 0.3) is 0 Å². The molecule has 1 aromatic rings. The van der Waals surface area contributed by atoms with Crippen LogP contribution in [0.25, 0.3) is 0 Å². The van der Waals surface area contributed by atoms with Gasteiger partial charge in [-0.3, -0.25) is 0 Å². The quantitative estimate of drug-likeness (QED) is 0.471. The summed E-state index contributed by atoms with van der Waals surface area (Å²) in [6.45, 7) is 10.5. The predicted molar refractivity (Wildman–Crippen MR) is 62.5 cm³/mol. The molecule has 0 atom stereocenters. The molecule has 0 nitrogen and oxygen atoms in total. The van der Waals surface area contributed by atoms with Crippen molar-refractivity contribution in [2.45, 2.75) is 26.2 Å². The first-order valence-corrected chi connectivity index (χ1v) is 4.67. The van der Waals surface area contributed by atoms with Gasteiger partial charge in [-0.25, -0.2) is 0 Å². The lowest BCUT2D eigenvalue weighted by atomic mass is 9.77.